The second-order valence-corrected chi connectivity index (χ2v) is 7.80. The first-order chi connectivity index (χ1) is 10.7. The van der Waals surface area contributed by atoms with E-state index in [1.807, 2.05) is 0 Å². The van der Waals surface area contributed by atoms with E-state index in [1.165, 1.54) is 46.4 Å². The number of nitrogens with zero attached hydrogens (tertiary/aromatic N) is 1. The van der Waals surface area contributed by atoms with Gasteiger partial charge in [0.1, 0.15) is 0 Å². The Balaban J connectivity index is 0.00000264. The summed E-state index contributed by atoms with van der Waals surface area (Å²) in [6.45, 7) is 4.48. The van der Waals surface area contributed by atoms with Crippen molar-refractivity contribution in [2.75, 3.05) is 27.2 Å². The molecule has 1 aromatic carbocycles. The minimum Gasteiger partial charge on any atom is -0.147 e. The summed E-state index contributed by atoms with van der Waals surface area (Å²) in [6.07, 6.45) is 8.28. The maximum Gasteiger partial charge on any atom is -0.147 e. The zero-order chi connectivity index (χ0) is 15.8. The van der Waals surface area contributed by atoms with Crippen molar-refractivity contribution in [3.05, 3.63) is 53.1 Å². The van der Waals surface area contributed by atoms with Gasteiger partial charge in [-0.05, 0) is 0 Å². The van der Waals surface area contributed by atoms with E-state index < -0.39 is 0 Å². The molecule has 0 bridgehead atoms. The third kappa shape index (κ3) is 7.43. The van der Waals surface area contributed by atoms with Gasteiger partial charge in [0.05, 0.1) is 0 Å². The Hall–Kier alpha value is -0.0857. The number of hydrogen-bond donors (Lipinski definition) is 1. The molecule has 0 unspecified atom stereocenters. The molecular formula is C19H30Cl2N2Ti. The van der Waals surface area contributed by atoms with Gasteiger partial charge in [-0.3, -0.25) is 0 Å². The summed E-state index contributed by atoms with van der Waals surface area (Å²) in [5.74, 6) is 0. The molecule has 0 atom stereocenters. The van der Waals surface area contributed by atoms with Gasteiger partial charge in [0, 0.05) is 0 Å². The van der Waals surface area contributed by atoms with Gasteiger partial charge in [0.25, 0.3) is 0 Å². The molecule has 0 spiro atoms. The normalized spacial score (nSPS) is 13.0. The summed E-state index contributed by atoms with van der Waals surface area (Å²) in [7, 11) is 4.29. The number of hydrogen-bond acceptors (Lipinski definition) is 2. The minimum atomic E-state index is -0.0710. The summed E-state index contributed by atoms with van der Waals surface area (Å²) < 4.78 is 4.92. The number of halogens is 2. The molecule has 2 nitrogen and oxygen atoms in total. The molecule has 0 radical (unpaired) electrons. The van der Waals surface area contributed by atoms with Crippen molar-refractivity contribution < 1.29 is 19.4 Å². The number of benzene rings is 1. The van der Waals surface area contributed by atoms with Crippen LogP contribution in [0, 0.1) is 0 Å². The number of rotatable bonds is 9. The first kappa shape index (κ1) is 23.9. The predicted octanol–water partition coefficient (Wildman–Crippen LogP) is 4.69. The molecule has 1 N–H and O–H groups in total. The Labute approximate surface area is 169 Å². The maximum absolute atomic E-state index is 3.68. The van der Waals surface area contributed by atoms with Crippen LogP contribution in [0.2, 0.25) is 0 Å². The molecule has 1 aliphatic rings. The quantitative estimate of drug-likeness (QED) is 0.474. The Morgan fingerprint density at radius 3 is 2.62 bits per heavy atom. The largest absolute Gasteiger partial charge is 0.147 e. The Bertz CT molecular complexity index is 542. The van der Waals surface area contributed by atoms with Crippen molar-refractivity contribution >= 4 is 30.4 Å². The second-order valence-electron chi connectivity index (χ2n) is 6.14. The van der Waals surface area contributed by atoms with Gasteiger partial charge < -0.3 is 0 Å². The third-order valence-electron chi connectivity index (χ3n) is 3.92. The van der Waals surface area contributed by atoms with Gasteiger partial charge in [-0.25, -0.2) is 0 Å². The van der Waals surface area contributed by atoms with E-state index in [0.29, 0.717) is 0 Å². The van der Waals surface area contributed by atoms with Crippen molar-refractivity contribution in [2.24, 2.45) is 0 Å². The maximum atomic E-state index is 3.68. The smallest absolute Gasteiger partial charge is 0.147 e. The van der Waals surface area contributed by atoms with Gasteiger partial charge in [-0.2, -0.15) is 0 Å². The summed E-state index contributed by atoms with van der Waals surface area (Å²) in [6, 6.07) is 9.00. The average Bonchev–Trinajstić information content (AvgIpc) is 2.94. The molecule has 5 heteroatoms. The number of likely N-dealkylation sites (N-methyl/N-ethyl adjacent to an activating group) is 1. The molecular weight excluding hydrogens is 375 g/mol. The Morgan fingerprint density at radius 2 is 1.92 bits per heavy atom. The topological polar surface area (TPSA) is 15.3 Å². The molecule has 1 aliphatic carbocycles. The molecule has 24 heavy (non-hydrogen) atoms. The van der Waals surface area contributed by atoms with E-state index in [2.05, 4.69) is 66.1 Å². The number of unbranched alkanes of at least 4 members (excludes halogenated alkanes) is 1. The van der Waals surface area contributed by atoms with E-state index in [1.54, 1.807) is 0 Å². The van der Waals surface area contributed by atoms with Crippen LogP contribution in [0.4, 0.5) is 0 Å². The van der Waals surface area contributed by atoms with E-state index in [9.17, 15) is 0 Å². The van der Waals surface area contributed by atoms with Gasteiger partial charge in [0.15, 0.2) is 0 Å². The van der Waals surface area contributed by atoms with Gasteiger partial charge in [0.2, 0.25) is 0 Å². The Morgan fingerprint density at radius 1 is 1.17 bits per heavy atom. The van der Waals surface area contributed by atoms with Crippen molar-refractivity contribution in [1.82, 2.24) is 8.70 Å². The number of allylic oxidation sites excluding steroid dienone is 2. The third-order valence-corrected chi connectivity index (χ3v) is 5.57. The van der Waals surface area contributed by atoms with Crippen LogP contribution in [0.1, 0.15) is 37.3 Å². The molecule has 0 aromatic heterocycles. The second kappa shape index (κ2) is 13.2. The molecule has 0 aliphatic heterocycles. The minimum absolute atomic E-state index is 0. The summed E-state index contributed by atoms with van der Waals surface area (Å²) >= 11 is -0.0710. The van der Waals surface area contributed by atoms with Crippen LogP contribution in [0.25, 0.3) is 5.57 Å². The first-order valence-corrected chi connectivity index (χ1v) is 10.2. The fourth-order valence-corrected chi connectivity index (χ4v) is 4.33. The van der Waals surface area contributed by atoms with Gasteiger partial charge in [-0.15, -0.1) is 24.8 Å². The zero-order valence-corrected chi connectivity index (χ0v) is 18.2. The van der Waals surface area contributed by atoms with Crippen LogP contribution in [-0.2, 0) is 24.1 Å². The van der Waals surface area contributed by atoms with Crippen LogP contribution in [-0.4, -0.2) is 32.1 Å². The zero-order valence-electron chi connectivity index (χ0n) is 15.0. The van der Waals surface area contributed by atoms with E-state index in [0.717, 1.165) is 13.0 Å². The molecule has 0 saturated heterocycles. The fourth-order valence-electron chi connectivity index (χ4n) is 2.80. The van der Waals surface area contributed by atoms with Crippen LogP contribution < -0.4 is 3.80 Å². The molecule has 0 saturated carbocycles. The van der Waals surface area contributed by atoms with Crippen LogP contribution in [0.3, 0.4) is 0 Å². The molecule has 2 rings (SSSR count). The summed E-state index contributed by atoms with van der Waals surface area (Å²) in [4.78, 5) is 2.26. The average molecular weight is 405 g/mol. The van der Waals surface area contributed by atoms with Crippen molar-refractivity contribution in [3.8, 4) is 0 Å². The SMILES string of the molecule is CCCC[NH][Ti][CH2]c1ccccc1C1=C(CN(C)C)C=CC1.Cl.Cl. The van der Waals surface area contributed by atoms with Gasteiger partial charge >= 0.3 is 145 Å². The standard InChI is InChI=1S/C15H18N.C4H10N.2ClH.Ti/c1-12-7-4-5-9-14(12)15-10-6-8-13(15)11-16(2)3;1-2-3-4-5;;;/h4-9H,1,10-11H2,2-3H3;5H,2-4H2,1H3;2*1H;/q;-1;;;+1. The molecule has 1 aromatic rings. The van der Waals surface area contributed by atoms with Crippen molar-refractivity contribution in [2.45, 2.75) is 30.9 Å². The number of nitrogens with one attached hydrogen (secondary N) is 1. The van der Waals surface area contributed by atoms with E-state index in [-0.39, 0.29) is 44.2 Å². The first-order valence-electron chi connectivity index (χ1n) is 8.29. The molecule has 0 fully saturated rings. The van der Waals surface area contributed by atoms with E-state index >= 15 is 0 Å². The van der Waals surface area contributed by atoms with Crippen molar-refractivity contribution in [3.63, 3.8) is 0 Å². The molecule has 0 heterocycles. The molecule has 134 valence electrons. The van der Waals surface area contributed by atoms with Crippen LogP contribution >= 0.6 is 24.8 Å². The fraction of sp³-hybridized carbons (Fsp3) is 0.474. The predicted molar refractivity (Wildman–Crippen MR) is 107 cm³/mol. The Kier molecular flexibility index (Phi) is 13.1. The van der Waals surface area contributed by atoms with E-state index in [4.69, 9.17) is 0 Å². The van der Waals surface area contributed by atoms with Crippen LogP contribution in [0.15, 0.2) is 42.0 Å². The van der Waals surface area contributed by atoms with Crippen molar-refractivity contribution in [1.29, 1.82) is 0 Å². The van der Waals surface area contributed by atoms with Crippen LogP contribution in [0.5, 0.6) is 0 Å². The summed E-state index contributed by atoms with van der Waals surface area (Å²) in [5.41, 5.74) is 6.02. The summed E-state index contributed by atoms with van der Waals surface area (Å²) in [5, 5.41) is 0. The molecule has 0 amide bonds. The van der Waals surface area contributed by atoms with Gasteiger partial charge in [-0.1, -0.05) is 0 Å². The monoisotopic (exact) mass is 404 g/mol.